The van der Waals surface area contributed by atoms with Crippen LogP contribution in [-0.2, 0) is 4.84 Å². The molecule has 0 spiro atoms. The maximum Gasteiger partial charge on any atom is 0.281 e. The molecule has 0 radical (unpaired) electrons. The molecule has 0 saturated heterocycles. The number of amides is 1. The molecule has 0 atom stereocenters. The highest BCUT2D eigenvalue weighted by molar-refractivity contribution is 5.94. The summed E-state index contributed by atoms with van der Waals surface area (Å²) < 4.78 is 64.9. The van der Waals surface area contributed by atoms with E-state index in [1.54, 1.807) is 5.48 Å². The van der Waals surface area contributed by atoms with Gasteiger partial charge < -0.3 is 0 Å². The zero-order chi connectivity index (χ0) is 15.0. The maximum absolute atomic E-state index is 13.2. The standard InChI is InChI=1S/C11H10F5NO2/c1-11(2,3)19-17-10(18)4-5(12)7(14)9(16)8(15)6(4)13/h1-3H3,(H,17,18). The first-order valence-corrected chi connectivity index (χ1v) is 5.06. The summed E-state index contributed by atoms with van der Waals surface area (Å²) in [5.74, 6) is -12.7. The molecule has 0 fully saturated rings. The highest BCUT2D eigenvalue weighted by atomic mass is 19.2. The molecule has 0 aliphatic rings. The second-order valence-corrected chi connectivity index (χ2v) is 4.59. The second kappa shape index (κ2) is 5.12. The Morgan fingerprint density at radius 3 is 1.63 bits per heavy atom. The Morgan fingerprint density at radius 2 is 1.26 bits per heavy atom. The van der Waals surface area contributed by atoms with Crippen LogP contribution in [0.2, 0.25) is 0 Å². The summed E-state index contributed by atoms with van der Waals surface area (Å²) >= 11 is 0. The molecule has 0 unspecified atom stereocenters. The first-order chi connectivity index (χ1) is 8.56. The van der Waals surface area contributed by atoms with Crippen LogP contribution in [0, 0.1) is 29.1 Å². The summed E-state index contributed by atoms with van der Waals surface area (Å²) in [5.41, 5.74) is -0.880. The van der Waals surface area contributed by atoms with Crippen molar-refractivity contribution in [1.29, 1.82) is 0 Å². The van der Waals surface area contributed by atoms with Crippen molar-refractivity contribution in [3.63, 3.8) is 0 Å². The lowest BCUT2D eigenvalue weighted by Crippen LogP contribution is -2.35. The molecule has 1 aromatic carbocycles. The zero-order valence-corrected chi connectivity index (χ0v) is 10.2. The first kappa shape index (κ1) is 15.4. The lowest BCUT2D eigenvalue weighted by molar-refractivity contribution is -0.0593. The number of hydrogen-bond acceptors (Lipinski definition) is 2. The number of hydrogen-bond donors (Lipinski definition) is 1. The summed E-state index contributed by atoms with van der Waals surface area (Å²) in [7, 11) is 0. The van der Waals surface area contributed by atoms with Crippen LogP contribution in [0.4, 0.5) is 22.0 Å². The predicted octanol–water partition coefficient (Wildman–Crippen LogP) is 2.84. The van der Waals surface area contributed by atoms with Crippen molar-refractivity contribution in [3.8, 4) is 0 Å². The molecular weight excluding hydrogens is 273 g/mol. The lowest BCUT2D eigenvalue weighted by Gasteiger charge is -2.19. The van der Waals surface area contributed by atoms with E-state index in [2.05, 4.69) is 0 Å². The summed E-state index contributed by atoms with van der Waals surface area (Å²) in [6.45, 7) is 4.52. The molecule has 1 rings (SSSR count). The van der Waals surface area contributed by atoms with Gasteiger partial charge in [0, 0.05) is 0 Å². The van der Waals surface area contributed by atoms with Gasteiger partial charge in [0.05, 0.1) is 5.60 Å². The van der Waals surface area contributed by atoms with Crippen molar-refractivity contribution in [1.82, 2.24) is 5.48 Å². The highest BCUT2D eigenvalue weighted by Crippen LogP contribution is 2.23. The van der Waals surface area contributed by atoms with Gasteiger partial charge in [0.2, 0.25) is 5.82 Å². The molecule has 3 nitrogen and oxygen atoms in total. The van der Waals surface area contributed by atoms with Gasteiger partial charge in [0.15, 0.2) is 23.3 Å². The Hall–Kier alpha value is -1.70. The largest absolute Gasteiger partial charge is 0.281 e. The van der Waals surface area contributed by atoms with E-state index in [1.807, 2.05) is 0 Å². The van der Waals surface area contributed by atoms with Crippen LogP contribution in [0.25, 0.3) is 0 Å². The average molecular weight is 283 g/mol. The van der Waals surface area contributed by atoms with Crippen molar-refractivity contribution in [3.05, 3.63) is 34.6 Å². The van der Waals surface area contributed by atoms with Crippen LogP contribution >= 0.6 is 0 Å². The minimum Gasteiger partial charge on any atom is -0.268 e. The molecule has 1 N–H and O–H groups in total. The molecule has 0 aromatic heterocycles. The monoisotopic (exact) mass is 283 g/mol. The van der Waals surface area contributed by atoms with E-state index in [9.17, 15) is 26.7 Å². The van der Waals surface area contributed by atoms with Gasteiger partial charge in [-0.25, -0.2) is 27.4 Å². The van der Waals surface area contributed by atoms with E-state index < -0.39 is 46.2 Å². The van der Waals surface area contributed by atoms with Crippen LogP contribution in [0.15, 0.2) is 0 Å². The Balaban J connectivity index is 3.18. The molecule has 0 aliphatic heterocycles. The number of carbonyl (C=O) groups is 1. The van der Waals surface area contributed by atoms with Crippen molar-refractivity contribution in [2.45, 2.75) is 26.4 Å². The normalized spacial score (nSPS) is 11.6. The second-order valence-electron chi connectivity index (χ2n) is 4.59. The van der Waals surface area contributed by atoms with E-state index in [0.717, 1.165) is 0 Å². The third-order valence-corrected chi connectivity index (χ3v) is 1.89. The molecule has 8 heteroatoms. The molecule has 106 valence electrons. The third-order valence-electron chi connectivity index (χ3n) is 1.89. The number of benzene rings is 1. The fraction of sp³-hybridized carbons (Fsp3) is 0.364. The molecule has 0 aliphatic carbocycles. The summed E-state index contributed by atoms with van der Waals surface area (Å²) in [6, 6.07) is 0. The van der Waals surface area contributed by atoms with Crippen LogP contribution in [0.5, 0.6) is 0 Å². The molecule has 1 aromatic rings. The van der Waals surface area contributed by atoms with Crippen molar-refractivity contribution in [2.24, 2.45) is 0 Å². The van der Waals surface area contributed by atoms with E-state index in [0.29, 0.717) is 0 Å². The fourth-order valence-electron chi connectivity index (χ4n) is 1.05. The minimum atomic E-state index is -2.33. The number of rotatable bonds is 2. The molecule has 1 amide bonds. The van der Waals surface area contributed by atoms with Gasteiger partial charge in [0.25, 0.3) is 5.91 Å². The lowest BCUT2D eigenvalue weighted by atomic mass is 10.1. The quantitative estimate of drug-likeness (QED) is 0.392. The smallest absolute Gasteiger partial charge is 0.268 e. The summed E-state index contributed by atoms with van der Waals surface area (Å²) in [6.07, 6.45) is 0. The van der Waals surface area contributed by atoms with Crippen LogP contribution in [0.3, 0.4) is 0 Å². The number of carbonyl (C=O) groups excluding carboxylic acids is 1. The SMILES string of the molecule is CC(C)(C)ONC(=O)c1c(F)c(F)c(F)c(F)c1F. The third kappa shape index (κ3) is 3.19. The zero-order valence-electron chi connectivity index (χ0n) is 10.2. The molecule has 0 saturated carbocycles. The van der Waals surface area contributed by atoms with Crippen LogP contribution < -0.4 is 5.48 Å². The van der Waals surface area contributed by atoms with Gasteiger partial charge in [0.1, 0.15) is 5.56 Å². The van der Waals surface area contributed by atoms with Gasteiger partial charge >= 0.3 is 0 Å². The minimum absolute atomic E-state index is 0.903. The predicted molar refractivity (Wildman–Crippen MR) is 54.5 cm³/mol. The van der Waals surface area contributed by atoms with Crippen LogP contribution in [-0.4, -0.2) is 11.5 Å². The van der Waals surface area contributed by atoms with Gasteiger partial charge in [-0.2, -0.15) is 0 Å². The Kier molecular flexibility index (Phi) is 4.14. The fourth-order valence-corrected chi connectivity index (χ4v) is 1.05. The van der Waals surface area contributed by atoms with E-state index >= 15 is 0 Å². The van der Waals surface area contributed by atoms with Crippen molar-refractivity contribution < 1.29 is 31.6 Å². The molecule has 0 bridgehead atoms. The molecule has 0 heterocycles. The van der Waals surface area contributed by atoms with Crippen molar-refractivity contribution in [2.75, 3.05) is 0 Å². The Labute approximate surface area is 105 Å². The van der Waals surface area contributed by atoms with Gasteiger partial charge in [-0.05, 0) is 20.8 Å². The van der Waals surface area contributed by atoms with E-state index in [-0.39, 0.29) is 0 Å². The van der Waals surface area contributed by atoms with Crippen molar-refractivity contribution >= 4 is 5.91 Å². The molecular formula is C11H10F5NO2. The number of hydroxylamine groups is 1. The van der Waals surface area contributed by atoms with E-state index in [1.165, 1.54) is 20.8 Å². The maximum atomic E-state index is 13.2. The Morgan fingerprint density at radius 1 is 0.895 bits per heavy atom. The Bertz CT molecular complexity index is 496. The topological polar surface area (TPSA) is 38.3 Å². The van der Waals surface area contributed by atoms with Gasteiger partial charge in [-0.3, -0.25) is 9.63 Å². The number of halogens is 5. The molecule has 19 heavy (non-hydrogen) atoms. The van der Waals surface area contributed by atoms with Gasteiger partial charge in [-0.15, -0.1) is 0 Å². The van der Waals surface area contributed by atoms with Gasteiger partial charge in [-0.1, -0.05) is 0 Å². The number of nitrogens with one attached hydrogen (secondary N) is 1. The first-order valence-electron chi connectivity index (χ1n) is 5.06. The van der Waals surface area contributed by atoms with Crippen LogP contribution in [0.1, 0.15) is 31.1 Å². The summed E-state index contributed by atoms with van der Waals surface area (Å²) in [5, 5.41) is 0. The summed E-state index contributed by atoms with van der Waals surface area (Å²) in [4.78, 5) is 16.1. The average Bonchev–Trinajstić information content (AvgIpc) is 2.31. The highest BCUT2D eigenvalue weighted by Gasteiger charge is 2.30. The van der Waals surface area contributed by atoms with E-state index in [4.69, 9.17) is 4.84 Å².